The highest BCUT2D eigenvalue weighted by Crippen LogP contribution is 2.39. The molecule has 0 saturated carbocycles. The molecule has 1 aliphatic rings. The predicted octanol–water partition coefficient (Wildman–Crippen LogP) is 6.70. The molecule has 4 aromatic rings. The topological polar surface area (TPSA) is 54.2 Å². The highest BCUT2D eigenvalue weighted by atomic mass is 32.2. The molecular weight excluding hydrogens is 469 g/mol. The van der Waals surface area contributed by atoms with Gasteiger partial charge < -0.3 is 9.84 Å². The molecule has 33 heavy (non-hydrogen) atoms. The third kappa shape index (κ3) is 4.21. The third-order valence-electron chi connectivity index (χ3n) is 5.62. The van der Waals surface area contributed by atoms with Gasteiger partial charge in [-0.2, -0.15) is 4.98 Å². The van der Waals surface area contributed by atoms with Crippen LogP contribution in [0.5, 0.6) is 0 Å². The molecule has 1 unspecified atom stereocenters. The molecule has 2 aromatic carbocycles. The van der Waals surface area contributed by atoms with Gasteiger partial charge in [-0.3, -0.25) is 4.90 Å². The zero-order valence-corrected chi connectivity index (χ0v) is 20.9. The summed E-state index contributed by atoms with van der Waals surface area (Å²) in [7, 11) is 0. The van der Waals surface area contributed by atoms with Crippen molar-refractivity contribution in [1.82, 2.24) is 15.5 Å². The number of nitrogens with zero attached hydrogens (tertiary/aromatic N) is 3. The summed E-state index contributed by atoms with van der Waals surface area (Å²) in [6, 6.07) is 20.6. The van der Waals surface area contributed by atoms with Gasteiger partial charge in [0.2, 0.25) is 5.82 Å². The quantitative estimate of drug-likeness (QED) is 0.247. The molecule has 1 N–H and O–H groups in total. The van der Waals surface area contributed by atoms with E-state index in [4.69, 9.17) is 21.7 Å². The molecule has 1 atom stereocenters. The van der Waals surface area contributed by atoms with Crippen molar-refractivity contribution in [3.8, 4) is 10.7 Å². The Morgan fingerprint density at radius 3 is 2.48 bits per heavy atom. The number of rotatable bonds is 5. The Labute approximate surface area is 206 Å². The first-order valence-corrected chi connectivity index (χ1v) is 13.0. The first-order valence-electron chi connectivity index (χ1n) is 10.4. The number of allylic oxidation sites excluding steroid dienone is 1. The van der Waals surface area contributed by atoms with Gasteiger partial charge in [-0.1, -0.05) is 41.1 Å². The van der Waals surface area contributed by atoms with Crippen LogP contribution >= 0.6 is 35.3 Å². The zero-order chi connectivity index (χ0) is 22.9. The van der Waals surface area contributed by atoms with Crippen molar-refractivity contribution < 1.29 is 4.52 Å². The van der Waals surface area contributed by atoms with Gasteiger partial charge in [0, 0.05) is 16.3 Å². The molecule has 3 heterocycles. The Morgan fingerprint density at radius 2 is 1.82 bits per heavy atom. The Kier molecular flexibility index (Phi) is 6.05. The Bertz CT molecular complexity index is 1310. The number of thiocarbonyl (C=S) groups is 1. The van der Waals surface area contributed by atoms with Crippen LogP contribution in [0.15, 0.2) is 81.2 Å². The van der Waals surface area contributed by atoms with Crippen LogP contribution in [0.3, 0.4) is 0 Å². The van der Waals surface area contributed by atoms with E-state index < -0.39 is 0 Å². The average Bonchev–Trinajstić information content (AvgIpc) is 3.52. The maximum Gasteiger partial charge on any atom is 0.258 e. The largest absolute Gasteiger partial charge is 0.351 e. The van der Waals surface area contributed by atoms with Crippen LogP contribution in [-0.2, 0) is 0 Å². The summed E-state index contributed by atoms with van der Waals surface area (Å²) < 4.78 is 5.80. The van der Waals surface area contributed by atoms with E-state index in [1.54, 1.807) is 23.1 Å². The van der Waals surface area contributed by atoms with Crippen LogP contribution in [-0.4, -0.2) is 21.5 Å². The molecule has 8 heteroatoms. The molecule has 2 aromatic heterocycles. The van der Waals surface area contributed by atoms with Crippen molar-refractivity contribution >= 4 is 51.7 Å². The summed E-state index contributed by atoms with van der Waals surface area (Å²) in [5.74, 6) is 1.08. The normalized spacial score (nSPS) is 16.3. The Balaban J connectivity index is 1.64. The van der Waals surface area contributed by atoms with Crippen LogP contribution < -0.4 is 10.2 Å². The van der Waals surface area contributed by atoms with E-state index in [0.29, 0.717) is 16.8 Å². The Hall–Kier alpha value is -2.94. The van der Waals surface area contributed by atoms with Gasteiger partial charge in [-0.25, -0.2) is 0 Å². The van der Waals surface area contributed by atoms with Gasteiger partial charge in [0.25, 0.3) is 5.89 Å². The maximum absolute atomic E-state index is 5.83. The number of anilines is 1. The minimum absolute atomic E-state index is 0.198. The summed E-state index contributed by atoms with van der Waals surface area (Å²) >= 11 is 9.13. The lowest BCUT2D eigenvalue weighted by atomic mass is 9.94. The van der Waals surface area contributed by atoms with Crippen LogP contribution in [0.4, 0.5) is 5.69 Å². The monoisotopic (exact) mass is 490 g/mol. The van der Waals surface area contributed by atoms with Gasteiger partial charge in [0.05, 0.1) is 16.5 Å². The molecule has 0 saturated heterocycles. The van der Waals surface area contributed by atoms with E-state index >= 15 is 0 Å². The van der Waals surface area contributed by atoms with Crippen molar-refractivity contribution in [3.05, 3.63) is 88.8 Å². The first kappa shape index (κ1) is 21.9. The van der Waals surface area contributed by atoms with Crippen LogP contribution in [0.1, 0.15) is 30.0 Å². The summed E-state index contributed by atoms with van der Waals surface area (Å²) in [5, 5.41) is 10.4. The van der Waals surface area contributed by atoms with Crippen LogP contribution in [0, 0.1) is 6.92 Å². The number of thiophene rings is 1. The van der Waals surface area contributed by atoms with E-state index in [1.807, 2.05) is 22.4 Å². The van der Waals surface area contributed by atoms with Crippen molar-refractivity contribution in [2.45, 2.75) is 24.8 Å². The lowest BCUT2D eigenvalue weighted by Gasteiger charge is -2.37. The summed E-state index contributed by atoms with van der Waals surface area (Å²) in [4.78, 5) is 8.97. The molecule has 0 aliphatic carbocycles. The fraction of sp³-hybridized carbons (Fsp3) is 0.160. The lowest BCUT2D eigenvalue weighted by Crippen LogP contribution is -2.46. The van der Waals surface area contributed by atoms with E-state index in [1.165, 1.54) is 10.5 Å². The van der Waals surface area contributed by atoms with Gasteiger partial charge in [0.15, 0.2) is 5.11 Å². The van der Waals surface area contributed by atoms with Crippen molar-refractivity contribution in [2.75, 3.05) is 11.2 Å². The van der Waals surface area contributed by atoms with Crippen molar-refractivity contribution in [1.29, 1.82) is 0 Å². The molecule has 166 valence electrons. The molecule has 0 radical (unpaired) electrons. The number of aryl methyl sites for hydroxylation is 1. The summed E-state index contributed by atoms with van der Waals surface area (Å²) in [5.41, 5.74) is 5.15. The second-order valence-corrected chi connectivity index (χ2v) is 9.94. The minimum Gasteiger partial charge on any atom is -0.351 e. The van der Waals surface area contributed by atoms with E-state index in [0.717, 1.165) is 27.4 Å². The van der Waals surface area contributed by atoms with E-state index in [2.05, 4.69) is 79.1 Å². The average molecular weight is 491 g/mol. The smallest absolute Gasteiger partial charge is 0.258 e. The molecule has 1 aliphatic heterocycles. The molecule has 0 spiro atoms. The summed E-state index contributed by atoms with van der Waals surface area (Å²) in [6.07, 6.45) is 2.07. The minimum atomic E-state index is -0.198. The van der Waals surface area contributed by atoms with Crippen molar-refractivity contribution in [2.24, 2.45) is 0 Å². The second-order valence-electron chi connectivity index (χ2n) is 7.73. The number of hydrogen-bond acceptors (Lipinski definition) is 6. The molecular formula is C25H22N4OS3. The van der Waals surface area contributed by atoms with E-state index in [9.17, 15) is 0 Å². The highest BCUT2D eigenvalue weighted by Gasteiger charge is 2.34. The maximum atomic E-state index is 5.83. The number of benzene rings is 2. The Morgan fingerprint density at radius 1 is 1.06 bits per heavy atom. The standard InChI is InChI=1S/C25H22N4OS3/c1-15-6-8-17(9-7-15)22-21(24-27-23(28-30-24)20-5-4-14-33-20)16(2)29(25(31)26-22)18-10-12-19(32-3)13-11-18/h4-14,22H,1-3H3,(H,26,31). The van der Waals surface area contributed by atoms with Gasteiger partial charge in [0.1, 0.15) is 0 Å². The molecule has 5 rings (SSSR count). The molecule has 0 amide bonds. The predicted molar refractivity (Wildman–Crippen MR) is 141 cm³/mol. The first-order chi connectivity index (χ1) is 16.0. The van der Waals surface area contributed by atoms with Crippen molar-refractivity contribution in [3.63, 3.8) is 0 Å². The van der Waals surface area contributed by atoms with Gasteiger partial charge in [-0.05, 0) is 73.6 Å². The molecule has 5 nitrogen and oxygen atoms in total. The van der Waals surface area contributed by atoms with Gasteiger partial charge >= 0.3 is 0 Å². The fourth-order valence-electron chi connectivity index (χ4n) is 3.91. The van der Waals surface area contributed by atoms with Gasteiger partial charge in [-0.15, -0.1) is 23.1 Å². The van der Waals surface area contributed by atoms with Crippen LogP contribution in [0.25, 0.3) is 16.3 Å². The second kappa shape index (κ2) is 9.13. The SMILES string of the molecule is CSc1ccc(N2C(=S)NC(c3ccc(C)cc3)C(c3nc(-c4cccs4)no3)=C2C)cc1. The third-order valence-corrected chi connectivity index (χ3v) is 7.53. The molecule has 0 bridgehead atoms. The number of aromatic nitrogens is 2. The number of thioether (sulfide) groups is 1. The fourth-order valence-corrected chi connectivity index (χ4v) is 5.33. The zero-order valence-electron chi connectivity index (χ0n) is 18.4. The number of nitrogens with one attached hydrogen (secondary N) is 1. The van der Waals surface area contributed by atoms with E-state index in [-0.39, 0.29) is 6.04 Å². The number of hydrogen-bond donors (Lipinski definition) is 1. The molecule has 0 fully saturated rings. The summed E-state index contributed by atoms with van der Waals surface area (Å²) in [6.45, 7) is 4.14. The highest BCUT2D eigenvalue weighted by molar-refractivity contribution is 7.98. The van der Waals surface area contributed by atoms with Crippen LogP contribution in [0.2, 0.25) is 0 Å². The lowest BCUT2D eigenvalue weighted by molar-refractivity contribution is 0.404.